The number of carbonyl (C=O) groups is 1. The van der Waals surface area contributed by atoms with Gasteiger partial charge in [-0.1, -0.05) is 12.1 Å². The van der Waals surface area contributed by atoms with Crippen LogP contribution in [0, 0.1) is 12.7 Å². The standard InChI is InChI=1S/C22H24FN3O2/c1-14-10-19(18-9-8-16(23)12-20(18)25-14)22(27)24-13-21(26(2)3)15-6-5-7-17(11-15)28-4/h5-12,21H,13H2,1-4H3,(H,24,27). The van der Waals surface area contributed by atoms with E-state index in [0.717, 1.165) is 11.3 Å². The minimum atomic E-state index is -0.373. The third-order valence-corrected chi connectivity index (χ3v) is 4.70. The number of benzene rings is 2. The molecule has 28 heavy (non-hydrogen) atoms. The lowest BCUT2D eigenvalue weighted by Gasteiger charge is -2.25. The molecule has 0 bridgehead atoms. The summed E-state index contributed by atoms with van der Waals surface area (Å²) < 4.78 is 18.8. The third kappa shape index (κ3) is 4.28. The van der Waals surface area contributed by atoms with Crippen molar-refractivity contribution in [2.24, 2.45) is 0 Å². The lowest BCUT2D eigenvalue weighted by atomic mass is 10.0. The number of likely N-dealkylation sites (N-methyl/N-ethyl adjacent to an activating group) is 1. The smallest absolute Gasteiger partial charge is 0.252 e. The van der Waals surface area contributed by atoms with Crippen LogP contribution in [0.2, 0.25) is 0 Å². The molecule has 0 aliphatic rings. The summed E-state index contributed by atoms with van der Waals surface area (Å²) in [4.78, 5) is 19.3. The molecule has 1 aromatic heterocycles. The zero-order valence-electron chi connectivity index (χ0n) is 16.5. The van der Waals surface area contributed by atoms with E-state index in [-0.39, 0.29) is 17.8 Å². The summed E-state index contributed by atoms with van der Waals surface area (Å²) in [7, 11) is 5.56. The van der Waals surface area contributed by atoms with Gasteiger partial charge >= 0.3 is 0 Å². The predicted octanol–water partition coefficient (Wildman–Crippen LogP) is 3.72. The van der Waals surface area contributed by atoms with Gasteiger partial charge in [0, 0.05) is 23.7 Å². The zero-order chi connectivity index (χ0) is 20.3. The first kappa shape index (κ1) is 19.8. The maximum Gasteiger partial charge on any atom is 0.252 e. The van der Waals surface area contributed by atoms with Crippen molar-refractivity contribution in [3.05, 3.63) is 71.2 Å². The van der Waals surface area contributed by atoms with E-state index < -0.39 is 0 Å². The summed E-state index contributed by atoms with van der Waals surface area (Å²) in [5, 5.41) is 3.64. The fourth-order valence-corrected chi connectivity index (χ4v) is 3.25. The van der Waals surface area contributed by atoms with Gasteiger partial charge in [0.2, 0.25) is 0 Å². The van der Waals surface area contributed by atoms with Gasteiger partial charge in [0.25, 0.3) is 5.91 Å². The molecule has 6 heteroatoms. The molecule has 0 saturated heterocycles. The summed E-state index contributed by atoms with van der Waals surface area (Å²) >= 11 is 0. The second-order valence-electron chi connectivity index (χ2n) is 6.94. The number of pyridine rings is 1. The van der Waals surface area contributed by atoms with Crippen LogP contribution < -0.4 is 10.1 Å². The second-order valence-corrected chi connectivity index (χ2v) is 6.94. The highest BCUT2D eigenvalue weighted by molar-refractivity contribution is 6.06. The number of rotatable bonds is 6. The molecule has 1 amide bonds. The molecular weight excluding hydrogens is 357 g/mol. The Labute approximate surface area is 164 Å². The molecule has 0 aliphatic carbocycles. The molecule has 1 heterocycles. The topological polar surface area (TPSA) is 54.5 Å². The van der Waals surface area contributed by atoms with Crippen molar-refractivity contribution in [1.82, 2.24) is 15.2 Å². The van der Waals surface area contributed by atoms with Gasteiger partial charge in [0.05, 0.1) is 24.2 Å². The SMILES string of the molecule is COc1cccc(C(CNC(=O)c2cc(C)nc3cc(F)ccc23)N(C)C)c1. The van der Waals surface area contributed by atoms with Gasteiger partial charge in [-0.15, -0.1) is 0 Å². The number of nitrogens with one attached hydrogen (secondary N) is 1. The number of amides is 1. The zero-order valence-corrected chi connectivity index (χ0v) is 16.5. The highest BCUT2D eigenvalue weighted by atomic mass is 19.1. The van der Waals surface area contributed by atoms with E-state index in [1.807, 2.05) is 43.3 Å². The number of aryl methyl sites for hydroxylation is 1. The summed E-state index contributed by atoms with van der Waals surface area (Å²) in [6.07, 6.45) is 0. The monoisotopic (exact) mass is 381 g/mol. The van der Waals surface area contributed by atoms with Gasteiger partial charge in [-0.05, 0) is 56.9 Å². The molecule has 5 nitrogen and oxygen atoms in total. The van der Waals surface area contributed by atoms with Crippen LogP contribution in [0.4, 0.5) is 4.39 Å². The lowest BCUT2D eigenvalue weighted by Crippen LogP contribution is -2.34. The summed E-state index contributed by atoms with van der Waals surface area (Å²) in [6, 6.07) is 13.8. The van der Waals surface area contributed by atoms with E-state index in [4.69, 9.17) is 4.74 Å². The molecule has 0 fully saturated rings. The van der Waals surface area contributed by atoms with Crippen LogP contribution in [0.15, 0.2) is 48.5 Å². The van der Waals surface area contributed by atoms with Crippen molar-refractivity contribution < 1.29 is 13.9 Å². The van der Waals surface area contributed by atoms with Crippen LogP contribution >= 0.6 is 0 Å². The first-order valence-electron chi connectivity index (χ1n) is 9.04. The Morgan fingerprint density at radius 2 is 2.00 bits per heavy atom. The van der Waals surface area contributed by atoms with E-state index in [1.54, 1.807) is 26.2 Å². The van der Waals surface area contributed by atoms with Crippen LogP contribution in [0.1, 0.15) is 27.7 Å². The number of halogens is 1. The summed E-state index contributed by atoms with van der Waals surface area (Å²) in [6.45, 7) is 2.21. The maximum atomic E-state index is 13.5. The number of ether oxygens (including phenoxy) is 1. The van der Waals surface area contributed by atoms with Crippen LogP contribution in [-0.2, 0) is 0 Å². The largest absolute Gasteiger partial charge is 0.497 e. The Bertz CT molecular complexity index is 999. The number of nitrogens with zero attached hydrogens (tertiary/aromatic N) is 2. The Hall–Kier alpha value is -2.99. The lowest BCUT2D eigenvalue weighted by molar-refractivity contribution is 0.0943. The number of aromatic nitrogens is 1. The average Bonchev–Trinajstić information content (AvgIpc) is 2.66. The Balaban J connectivity index is 1.85. The minimum Gasteiger partial charge on any atom is -0.497 e. The first-order valence-corrected chi connectivity index (χ1v) is 9.04. The minimum absolute atomic E-state index is 0.0225. The molecule has 1 atom stereocenters. The van der Waals surface area contributed by atoms with Crippen molar-refractivity contribution in [1.29, 1.82) is 0 Å². The molecule has 0 radical (unpaired) electrons. The quantitative estimate of drug-likeness (QED) is 0.707. The number of hydrogen-bond donors (Lipinski definition) is 1. The Morgan fingerprint density at radius 1 is 1.21 bits per heavy atom. The van der Waals surface area contributed by atoms with E-state index >= 15 is 0 Å². The van der Waals surface area contributed by atoms with Crippen LogP contribution in [0.3, 0.4) is 0 Å². The molecule has 146 valence electrons. The summed E-state index contributed by atoms with van der Waals surface area (Å²) in [5.41, 5.74) is 2.68. The van der Waals surface area contributed by atoms with Crippen molar-refractivity contribution in [2.75, 3.05) is 27.7 Å². The molecule has 1 N–H and O–H groups in total. The molecule has 3 aromatic rings. The van der Waals surface area contributed by atoms with Crippen molar-refractivity contribution in [2.45, 2.75) is 13.0 Å². The highest BCUT2D eigenvalue weighted by Gasteiger charge is 2.18. The van der Waals surface area contributed by atoms with E-state index in [2.05, 4.69) is 10.3 Å². The molecule has 0 spiro atoms. The van der Waals surface area contributed by atoms with Crippen molar-refractivity contribution in [3.8, 4) is 5.75 Å². The van der Waals surface area contributed by atoms with E-state index in [0.29, 0.717) is 28.7 Å². The first-order chi connectivity index (χ1) is 13.4. The number of methoxy groups -OCH3 is 1. The van der Waals surface area contributed by atoms with Crippen LogP contribution in [0.5, 0.6) is 5.75 Å². The van der Waals surface area contributed by atoms with Crippen molar-refractivity contribution >= 4 is 16.8 Å². The normalized spacial score (nSPS) is 12.2. The van der Waals surface area contributed by atoms with Gasteiger partial charge in [-0.3, -0.25) is 9.78 Å². The molecule has 0 aliphatic heterocycles. The molecule has 0 saturated carbocycles. The highest BCUT2D eigenvalue weighted by Crippen LogP contribution is 2.23. The van der Waals surface area contributed by atoms with Gasteiger partial charge in [0.15, 0.2) is 0 Å². The predicted molar refractivity (Wildman–Crippen MR) is 108 cm³/mol. The maximum absolute atomic E-state index is 13.5. The van der Waals surface area contributed by atoms with Crippen molar-refractivity contribution in [3.63, 3.8) is 0 Å². The fourth-order valence-electron chi connectivity index (χ4n) is 3.25. The number of carbonyl (C=O) groups excluding carboxylic acids is 1. The molecule has 1 unspecified atom stereocenters. The van der Waals surface area contributed by atoms with Gasteiger partial charge in [0.1, 0.15) is 11.6 Å². The van der Waals surface area contributed by atoms with Crippen LogP contribution in [-0.4, -0.2) is 43.5 Å². The van der Waals surface area contributed by atoms with Gasteiger partial charge < -0.3 is 15.0 Å². The Kier molecular flexibility index (Phi) is 5.90. The molecule has 3 rings (SSSR count). The second kappa shape index (κ2) is 8.35. The van der Waals surface area contributed by atoms with E-state index in [1.165, 1.54) is 12.1 Å². The Morgan fingerprint density at radius 3 is 2.71 bits per heavy atom. The number of fused-ring (bicyclic) bond motifs is 1. The van der Waals surface area contributed by atoms with Gasteiger partial charge in [-0.25, -0.2) is 4.39 Å². The average molecular weight is 381 g/mol. The molecule has 2 aromatic carbocycles. The van der Waals surface area contributed by atoms with E-state index in [9.17, 15) is 9.18 Å². The third-order valence-electron chi connectivity index (χ3n) is 4.70. The fraction of sp³-hybridized carbons (Fsp3) is 0.273. The molecular formula is C22H24FN3O2. The van der Waals surface area contributed by atoms with Crippen LogP contribution in [0.25, 0.3) is 10.9 Å². The van der Waals surface area contributed by atoms with Gasteiger partial charge in [-0.2, -0.15) is 0 Å². The number of hydrogen-bond acceptors (Lipinski definition) is 4. The summed E-state index contributed by atoms with van der Waals surface area (Å²) in [5.74, 6) is 0.188.